The van der Waals surface area contributed by atoms with Crippen molar-refractivity contribution < 1.29 is 8.76 Å². The molecular weight excluding hydrogens is 208 g/mol. The summed E-state index contributed by atoms with van der Waals surface area (Å²) >= 11 is -1.94. The zero-order valence-electron chi connectivity index (χ0n) is 10.4. The van der Waals surface area contributed by atoms with Gasteiger partial charge in [0.2, 0.25) is 0 Å². The van der Waals surface area contributed by atoms with E-state index in [1.807, 2.05) is 0 Å². The van der Waals surface area contributed by atoms with E-state index in [1.165, 1.54) is 38.5 Å². The predicted octanol–water partition coefficient (Wildman–Crippen LogP) is 3.78. The number of hydrogen-bond acceptors (Lipinski definition) is 2. The Morgan fingerprint density at radius 3 is 1.93 bits per heavy atom. The molecule has 0 spiro atoms. The third-order valence-corrected chi connectivity index (χ3v) is 3.94. The molecule has 1 unspecified atom stereocenters. The first-order valence-electron chi connectivity index (χ1n) is 6.10. The first-order chi connectivity index (χ1) is 7.00. The number of hydrogen-bond donors (Lipinski definition) is 0. The average Bonchev–Trinajstić information content (AvgIpc) is 2.16. The first kappa shape index (κ1) is 15.1. The van der Waals surface area contributed by atoms with Crippen molar-refractivity contribution in [1.82, 2.24) is 0 Å². The Hall–Kier alpha value is 0.110. The molecule has 15 heavy (non-hydrogen) atoms. The van der Waals surface area contributed by atoms with Crippen LogP contribution in [0.5, 0.6) is 0 Å². The molecule has 0 aliphatic carbocycles. The van der Waals surface area contributed by atoms with Crippen LogP contribution in [0.4, 0.5) is 0 Å². The van der Waals surface area contributed by atoms with E-state index in [0.717, 1.165) is 12.8 Å². The molecule has 0 N–H and O–H groups in total. The van der Waals surface area contributed by atoms with Crippen molar-refractivity contribution in [1.29, 1.82) is 0 Å². The van der Waals surface area contributed by atoms with Crippen molar-refractivity contribution in [2.45, 2.75) is 76.9 Å². The lowest BCUT2D eigenvalue weighted by atomic mass is 10.0. The van der Waals surface area contributed by atoms with E-state index in [-0.39, 0.29) is 0 Å². The van der Waals surface area contributed by atoms with Crippen molar-refractivity contribution in [2.24, 2.45) is 0 Å². The second kappa shape index (κ2) is 8.28. The lowest BCUT2D eigenvalue weighted by Gasteiger charge is -2.27. The van der Waals surface area contributed by atoms with Gasteiger partial charge < -0.3 is 4.55 Å². The highest BCUT2D eigenvalue weighted by atomic mass is 32.2. The van der Waals surface area contributed by atoms with Crippen LogP contribution in [-0.4, -0.2) is 13.5 Å². The van der Waals surface area contributed by atoms with Gasteiger partial charge in [-0.05, 0) is 31.3 Å². The highest BCUT2D eigenvalue weighted by molar-refractivity contribution is 7.80. The fourth-order valence-corrected chi connectivity index (χ4v) is 1.90. The van der Waals surface area contributed by atoms with Gasteiger partial charge in [-0.15, -0.1) is 0 Å². The van der Waals surface area contributed by atoms with Crippen LogP contribution in [0.3, 0.4) is 0 Å². The maximum atomic E-state index is 10.8. The van der Waals surface area contributed by atoms with Crippen molar-refractivity contribution in [2.75, 3.05) is 0 Å². The molecule has 0 amide bonds. The molecule has 92 valence electrons. The second-order valence-corrected chi connectivity index (χ2v) is 6.44. The molecular formula is C12H25O2S-. The average molecular weight is 233 g/mol. The van der Waals surface area contributed by atoms with Gasteiger partial charge in [0.25, 0.3) is 0 Å². The van der Waals surface area contributed by atoms with E-state index in [0.29, 0.717) is 0 Å². The van der Waals surface area contributed by atoms with Crippen LogP contribution in [0.15, 0.2) is 0 Å². The van der Waals surface area contributed by atoms with Crippen LogP contribution in [0, 0.1) is 0 Å². The lowest BCUT2D eigenvalue weighted by molar-refractivity contribution is 0.465. The van der Waals surface area contributed by atoms with E-state index < -0.39 is 15.8 Å². The summed E-state index contributed by atoms with van der Waals surface area (Å²) in [6, 6.07) is 0. The molecule has 0 heterocycles. The molecule has 0 aliphatic heterocycles. The first-order valence-corrected chi connectivity index (χ1v) is 7.17. The summed E-state index contributed by atoms with van der Waals surface area (Å²) in [6.45, 7) is 5.81. The molecule has 1 atom stereocenters. The number of unbranched alkanes of at least 4 members (excludes halogenated alkanes) is 6. The third-order valence-electron chi connectivity index (χ3n) is 2.83. The minimum Gasteiger partial charge on any atom is -0.772 e. The molecule has 0 aromatic rings. The largest absolute Gasteiger partial charge is 0.772 e. The van der Waals surface area contributed by atoms with Crippen molar-refractivity contribution in [3.63, 3.8) is 0 Å². The smallest absolute Gasteiger partial charge is 0.0271 e. The van der Waals surface area contributed by atoms with Crippen molar-refractivity contribution in [3.05, 3.63) is 0 Å². The zero-order chi connectivity index (χ0) is 11.7. The molecule has 3 heteroatoms. The van der Waals surface area contributed by atoms with Gasteiger partial charge in [-0.2, -0.15) is 0 Å². The molecule has 2 nitrogen and oxygen atoms in total. The van der Waals surface area contributed by atoms with Gasteiger partial charge in [0.15, 0.2) is 0 Å². The maximum Gasteiger partial charge on any atom is 0.0271 e. The minimum absolute atomic E-state index is 0.538. The van der Waals surface area contributed by atoms with Crippen molar-refractivity contribution in [3.8, 4) is 0 Å². The Bertz CT molecular complexity index is 178. The fourth-order valence-electron chi connectivity index (χ4n) is 1.59. The van der Waals surface area contributed by atoms with Crippen molar-refractivity contribution >= 4 is 11.1 Å². The summed E-state index contributed by atoms with van der Waals surface area (Å²) < 4.78 is 21.1. The molecule has 0 aromatic carbocycles. The summed E-state index contributed by atoms with van der Waals surface area (Å²) in [5.74, 6) is 0. The molecule has 0 fully saturated rings. The van der Waals surface area contributed by atoms with Gasteiger partial charge in [-0.3, -0.25) is 4.21 Å². The monoisotopic (exact) mass is 233 g/mol. The Morgan fingerprint density at radius 1 is 1.00 bits per heavy atom. The number of rotatable bonds is 9. The third kappa shape index (κ3) is 7.97. The van der Waals surface area contributed by atoms with E-state index >= 15 is 0 Å². The Labute approximate surface area is 97.1 Å². The van der Waals surface area contributed by atoms with Gasteiger partial charge in [0, 0.05) is 4.75 Å². The van der Waals surface area contributed by atoms with Crippen LogP contribution < -0.4 is 0 Å². The minimum atomic E-state index is -1.94. The van der Waals surface area contributed by atoms with Crippen LogP contribution in [-0.2, 0) is 11.1 Å². The molecule has 0 bridgehead atoms. The van der Waals surface area contributed by atoms with E-state index in [1.54, 1.807) is 13.8 Å². The highest BCUT2D eigenvalue weighted by Gasteiger charge is 2.17. The summed E-state index contributed by atoms with van der Waals surface area (Å²) in [6.07, 6.45) is 9.48. The molecule has 0 radical (unpaired) electrons. The van der Waals surface area contributed by atoms with Crippen LogP contribution in [0.2, 0.25) is 0 Å². The van der Waals surface area contributed by atoms with E-state index in [2.05, 4.69) is 6.92 Å². The van der Waals surface area contributed by atoms with Crippen LogP contribution in [0.25, 0.3) is 0 Å². The standard InChI is InChI=1S/C12H26O2S/c1-4-5-6-7-8-9-10-11-12(2,3)15(13)14/h4-11H2,1-3H3,(H,13,14)/p-1. The Kier molecular flexibility index (Phi) is 8.34. The maximum absolute atomic E-state index is 10.8. The van der Waals surface area contributed by atoms with Gasteiger partial charge in [-0.25, -0.2) is 0 Å². The topological polar surface area (TPSA) is 40.1 Å². The molecule has 0 aliphatic rings. The molecule has 0 aromatic heterocycles. The highest BCUT2D eigenvalue weighted by Crippen LogP contribution is 2.20. The zero-order valence-corrected chi connectivity index (χ0v) is 11.2. The summed E-state index contributed by atoms with van der Waals surface area (Å²) in [7, 11) is 0. The van der Waals surface area contributed by atoms with Gasteiger partial charge in [0.1, 0.15) is 0 Å². The molecule has 0 rings (SSSR count). The van der Waals surface area contributed by atoms with Crippen LogP contribution >= 0.6 is 0 Å². The lowest BCUT2D eigenvalue weighted by Crippen LogP contribution is -2.25. The summed E-state index contributed by atoms with van der Waals surface area (Å²) in [4.78, 5) is 0. The van der Waals surface area contributed by atoms with Gasteiger partial charge in [0.05, 0.1) is 0 Å². The molecule has 0 saturated heterocycles. The van der Waals surface area contributed by atoms with E-state index in [4.69, 9.17) is 0 Å². The summed E-state index contributed by atoms with van der Waals surface area (Å²) in [5, 5.41) is 0. The van der Waals surface area contributed by atoms with Gasteiger partial charge in [-0.1, -0.05) is 51.9 Å². The molecule has 0 saturated carbocycles. The van der Waals surface area contributed by atoms with Gasteiger partial charge >= 0.3 is 0 Å². The summed E-state index contributed by atoms with van der Waals surface area (Å²) in [5.41, 5.74) is 0. The Morgan fingerprint density at radius 2 is 1.47 bits per heavy atom. The Balaban J connectivity index is 3.35. The van der Waals surface area contributed by atoms with E-state index in [9.17, 15) is 8.76 Å². The quantitative estimate of drug-likeness (QED) is 0.449. The second-order valence-electron chi connectivity index (χ2n) is 4.87. The van der Waals surface area contributed by atoms with Crippen LogP contribution in [0.1, 0.15) is 72.1 Å². The fraction of sp³-hybridized carbons (Fsp3) is 1.00. The SMILES string of the molecule is CCCCCCCCCC(C)(C)S(=O)[O-]. The predicted molar refractivity (Wildman–Crippen MR) is 65.6 cm³/mol. The normalized spacial score (nSPS) is 14.1.